The molecule has 0 fully saturated rings. The lowest BCUT2D eigenvalue weighted by Crippen LogP contribution is -2.34. The number of anilines is 1. The molecule has 4 rings (SSSR count). The Labute approximate surface area is 187 Å². The van der Waals surface area contributed by atoms with Gasteiger partial charge in [0, 0.05) is 5.56 Å². The highest BCUT2D eigenvalue weighted by molar-refractivity contribution is 7.20. The summed E-state index contributed by atoms with van der Waals surface area (Å²) in [6, 6.07) is 4.71. The van der Waals surface area contributed by atoms with Crippen LogP contribution in [0.25, 0.3) is 10.2 Å². The molecule has 3 aromatic rings. The lowest BCUT2D eigenvalue weighted by molar-refractivity contribution is -0.122. The average molecular weight is 455 g/mol. The van der Waals surface area contributed by atoms with E-state index < -0.39 is 17.6 Å². The van der Waals surface area contributed by atoms with Crippen molar-refractivity contribution >= 4 is 44.9 Å². The van der Waals surface area contributed by atoms with E-state index in [2.05, 4.69) is 10.3 Å². The van der Waals surface area contributed by atoms with Gasteiger partial charge in [-0.1, -0.05) is 0 Å². The van der Waals surface area contributed by atoms with Crippen molar-refractivity contribution in [3.05, 3.63) is 50.9 Å². The molecule has 1 amide bonds. The van der Waals surface area contributed by atoms with Gasteiger partial charge < -0.3 is 14.8 Å². The fourth-order valence-electron chi connectivity index (χ4n) is 3.36. The van der Waals surface area contributed by atoms with Crippen molar-refractivity contribution in [2.45, 2.75) is 46.4 Å². The van der Waals surface area contributed by atoms with E-state index >= 15 is 0 Å². The molecule has 2 aromatic heterocycles. The lowest BCUT2D eigenvalue weighted by atomic mass is 10.1. The highest BCUT2D eigenvalue weighted by Crippen LogP contribution is 2.31. The summed E-state index contributed by atoms with van der Waals surface area (Å²) in [6.07, 6.45) is 0.391. The normalized spacial score (nSPS) is 15.3. The minimum atomic E-state index is -0.614. The Bertz CT molecular complexity index is 1320. The SMILES string of the molecule is Cc1c(C(=O)OC(C)C)sc2ncn(CC(=O)c3ccc4c(c3)NC(=O)C(C)O4)c(=O)c12. The number of fused-ring (bicyclic) bond motifs is 2. The summed E-state index contributed by atoms with van der Waals surface area (Å²) >= 11 is 1.09. The van der Waals surface area contributed by atoms with Gasteiger partial charge in [0.2, 0.25) is 0 Å². The van der Waals surface area contributed by atoms with Gasteiger partial charge in [-0.25, -0.2) is 9.78 Å². The second kappa shape index (κ2) is 8.19. The molecule has 0 saturated carbocycles. The zero-order valence-electron chi connectivity index (χ0n) is 17.9. The average Bonchev–Trinajstić information content (AvgIpc) is 3.07. The number of aryl methyl sites for hydroxylation is 1. The summed E-state index contributed by atoms with van der Waals surface area (Å²) in [5.41, 5.74) is 0.793. The van der Waals surface area contributed by atoms with Crippen molar-refractivity contribution < 1.29 is 23.9 Å². The molecule has 0 bridgehead atoms. The molecular weight excluding hydrogens is 434 g/mol. The largest absolute Gasteiger partial charge is 0.479 e. The number of carbonyl (C=O) groups is 3. The van der Waals surface area contributed by atoms with E-state index in [9.17, 15) is 19.2 Å². The topological polar surface area (TPSA) is 117 Å². The molecular formula is C22H21N3O6S. The summed E-state index contributed by atoms with van der Waals surface area (Å²) in [6.45, 7) is 6.55. The molecule has 1 aromatic carbocycles. The molecule has 3 heterocycles. The molecule has 1 aliphatic rings. The third-order valence-corrected chi connectivity index (χ3v) is 6.17. The number of rotatable bonds is 5. The quantitative estimate of drug-likeness (QED) is 0.464. The number of nitrogens with zero attached hydrogens (tertiary/aromatic N) is 2. The second-order valence-electron chi connectivity index (χ2n) is 7.75. The number of carbonyl (C=O) groups excluding carboxylic acids is 3. The van der Waals surface area contributed by atoms with Crippen LogP contribution in [-0.4, -0.2) is 39.4 Å². The van der Waals surface area contributed by atoms with Crippen LogP contribution < -0.4 is 15.6 Å². The standard InChI is InChI=1S/C22H21N3O6S/c1-10(2)30-22(29)18-11(3)17-20(32-18)23-9-25(21(17)28)8-15(26)13-5-6-16-14(7-13)24-19(27)12(4)31-16/h5-7,9-10,12H,8H2,1-4H3,(H,24,27). The predicted molar refractivity (Wildman–Crippen MR) is 119 cm³/mol. The van der Waals surface area contributed by atoms with Gasteiger partial charge in [0.05, 0.1) is 30.0 Å². The van der Waals surface area contributed by atoms with Gasteiger partial charge >= 0.3 is 5.97 Å². The van der Waals surface area contributed by atoms with E-state index in [1.165, 1.54) is 17.0 Å². The molecule has 1 N–H and O–H groups in total. The number of aromatic nitrogens is 2. The van der Waals surface area contributed by atoms with Crippen molar-refractivity contribution in [1.29, 1.82) is 0 Å². The fraction of sp³-hybridized carbons (Fsp3) is 0.318. The summed E-state index contributed by atoms with van der Waals surface area (Å²) in [5.74, 6) is -0.664. The number of hydrogen-bond acceptors (Lipinski definition) is 8. The number of hydrogen-bond donors (Lipinski definition) is 1. The maximum Gasteiger partial charge on any atom is 0.348 e. The highest BCUT2D eigenvalue weighted by atomic mass is 32.1. The van der Waals surface area contributed by atoms with Crippen LogP contribution in [0.1, 0.15) is 46.4 Å². The van der Waals surface area contributed by atoms with E-state index in [0.717, 1.165) is 11.3 Å². The molecule has 166 valence electrons. The first kappa shape index (κ1) is 21.7. The van der Waals surface area contributed by atoms with E-state index in [-0.39, 0.29) is 24.3 Å². The van der Waals surface area contributed by atoms with Gasteiger partial charge in [-0.3, -0.25) is 19.0 Å². The molecule has 32 heavy (non-hydrogen) atoms. The lowest BCUT2D eigenvalue weighted by Gasteiger charge is -2.23. The first-order chi connectivity index (χ1) is 15.2. The molecule has 1 aliphatic heterocycles. The van der Waals surface area contributed by atoms with Gasteiger partial charge in [0.1, 0.15) is 15.5 Å². The summed E-state index contributed by atoms with van der Waals surface area (Å²) in [5, 5.41) is 2.99. The molecule has 0 radical (unpaired) electrons. The van der Waals surface area contributed by atoms with E-state index in [1.807, 2.05) is 0 Å². The Morgan fingerprint density at radius 3 is 2.78 bits per heavy atom. The first-order valence-corrected chi connectivity index (χ1v) is 10.8. The van der Waals surface area contributed by atoms with Crippen LogP contribution in [0.5, 0.6) is 5.75 Å². The number of ether oxygens (including phenoxy) is 2. The molecule has 0 spiro atoms. The van der Waals surface area contributed by atoms with Crippen LogP contribution in [0.3, 0.4) is 0 Å². The van der Waals surface area contributed by atoms with E-state index in [1.54, 1.807) is 39.8 Å². The van der Waals surface area contributed by atoms with Crippen molar-refractivity contribution in [2.24, 2.45) is 0 Å². The number of amides is 1. The van der Waals surface area contributed by atoms with Crippen molar-refractivity contribution in [3.63, 3.8) is 0 Å². The summed E-state index contributed by atoms with van der Waals surface area (Å²) < 4.78 is 11.9. The van der Waals surface area contributed by atoms with Crippen molar-refractivity contribution in [3.8, 4) is 5.75 Å². The monoisotopic (exact) mass is 455 g/mol. The van der Waals surface area contributed by atoms with Gasteiger partial charge in [-0.15, -0.1) is 11.3 Å². The van der Waals surface area contributed by atoms with E-state index in [4.69, 9.17) is 9.47 Å². The summed E-state index contributed by atoms with van der Waals surface area (Å²) in [7, 11) is 0. The zero-order valence-corrected chi connectivity index (χ0v) is 18.7. The smallest absolute Gasteiger partial charge is 0.348 e. The second-order valence-corrected chi connectivity index (χ2v) is 8.75. The number of nitrogens with one attached hydrogen (secondary N) is 1. The van der Waals surface area contributed by atoms with Gasteiger partial charge in [-0.2, -0.15) is 0 Å². The molecule has 9 nitrogen and oxygen atoms in total. The molecule has 1 atom stereocenters. The van der Waals surface area contributed by atoms with Crippen LogP contribution in [-0.2, 0) is 16.1 Å². The molecule has 0 saturated heterocycles. The fourth-order valence-corrected chi connectivity index (χ4v) is 4.38. The van der Waals surface area contributed by atoms with Gasteiger partial charge in [0.25, 0.3) is 11.5 Å². The Balaban J connectivity index is 1.63. The van der Waals surface area contributed by atoms with Crippen LogP contribution in [0.4, 0.5) is 5.69 Å². The van der Waals surface area contributed by atoms with Gasteiger partial charge in [-0.05, 0) is 51.5 Å². The highest BCUT2D eigenvalue weighted by Gasteiger charge is 2.25. The molecule has 1 unspecified atom stereocenters. The minimum absolute atomic E-state index is 0.243. The van der Waals surface area contributed by atoms with E-state index in [0.29, 0.717) is 37.7 Å². The predicted octanol–water partition coefficient (Wildman–Crippen LogP) is 2.93. The number of ketones is 1. The van der Waals surface area contributed by atoms with Crippen molar-refractivity contribution in [1.82, 2.24) is 9.55 Å². The molecule has 0 aliphatic carbocycles. The number of esters is 1. The number of Topliss-reactive ketones (excluding diaryl/α,β-unsaturated/α-hetero) is 1. The zero-order chi connectivity index (χ0) is 23.2. The third-order valence-electron chi connectivity index (χ3n) is 4.99. The van der Waals surface area contributed by atoms with Crippen LogP contribution in [0, 0.1) is 6.92 Å². The Hall–Kier alpha value is -3.53. The molecule has 10 heteroatoms. The Morgan fingerprint density at radius 1 is 1.31 bits per heavy atom. The number of thiophene rings is 1. The number of benzene rings is 1. The Kier molecular flexibility index (Phi) is 5.55. The maximum atomic E-state index is 13.0. The maximum absolute atomic E-state index is 13.0. The minimum Gasteiger partial charge on any atom is -0.479 e. The Morgan fingerprint density at radius 2 is 2.06 bits per heavy atom. The van der Waals surface area contributed by atoms with Gasteiger partial charge in [0.15, 0.2) is 11.9 Å². The summed E-state index contributed by atoms with van der Waals surface area (Å²) in [4.78, 5) is 55.0. The van der Waals surface area contributed by atoms with Crippen LogP contribution in [0.2, 0.25) is 0 Å². The van der Waals surface area contributed by atoms with Crippen LogP contribution in [0.15, 0.2) is 29.3 Å². The third kappa shape index (κ3) is 3.89. The van der Waals surface area contributed by atoms with Crippen molar-refractivity contribution in [2.75, 3.05) is 5.32 Å². The first-order valence-electron chi connectivity index (χ1n) is 10.00. The van der Waals surface area contributed by atoms with Crippen LogP contribution >= 0.6 is 11.3 Å².